The molecule has 0 aromatic heterocycles. The summed E-state index contributed by atoms with van der Waals surface area (Å²) in [5, 5.41) is 2.87. The first kappa shape index (κ1) is 17.9. The first-order chi connectivity index (χ1) is 10.6. The van der Waals surface area contributed by atoms with Gasteiger partial charge >= 0.3 is 0 Å². The molecule has 1 aromatic carbocycles. The number of hydrogen-bond donors (Lipinski definition) is 1. The molecule has 0 radical (unpaired) electrons. The van der Waals surface area contributed by atoms with Gasteiger partial charge in [0.1, 0.15) is 0 Å². The van der Waals surface area contributed by atoms with E-state index in [1.54, 1.807) is 12.1 Å². The third kappa shape index (κ3) is 4.12. The second kappa shape index (κ2) is 6.61. The Labute approximate surface area is 139 Å². The van der Waals surface area contributed by atoms with Crippen LogP contribution in [0.25, 0.3) is 0 Å². The number of carbonyl (C=O) groups is 1. The molecule has 1 aliphatic rings. The van der Waals surface area contributed by atoms with E-state index in [1.165, 1.54) is 11.2 Å². The monoisotopic (exact) mass is 338 g/mol. The molecule has 0 saturated carbocycles. The Kier molecular flexibility index (Phi) is 5.16. The Bertz CT molecular complexity index is 669. The lowest BCUT2D eigenvalue weighted by atomic mass is 9.87. The lowest BCUT2D eigenvalue weighted by Crippen LogP contribution is -2.46. The van der Waals surface area contributed by atoms with Gasteiger partial charge in [0.2, 0.25) is 15.9 Å². The Morgan fingerprint density at radius 1 is 1.17 bits per heavy atom. The number of nitrogens with zero attached hydrogens (tertiary/aromatic N) is 1. The Hall–Kier alpha value is -1.40. The van der Waals surface area contributed by atoms with E-state index in [4.69, 9.17) is 0 Å². The number of rotatable bonds is 3. The maximum absolute atomic E-state index is 13.0. The van der Waals surface area contributed by atoms with Crippen LogP contribution in [0.15, 0.2) is 29.2 Å². The standard InChI is InChI=1S/C17H26N2O3S/c1-13(20)18-14-9-11-19(12-10-14)23(21,22)16-8-6-5-7-15(16)17(2,3)4/h5-8,14H,9-12H2,1-4H3,(H,18,20). The van der Waals surface area contributed by atoms with Gasteiger partial charge in [-0.15, -0.1) is 0 Å². The summed E-state index contributed by atoms with van der Waals surface area (Å²) in [6, 6.07) is 7.29. The highest BCUT2D eigenvalue weighted by Gasteiger charge is 2.33. The minimum absolute atomic E-state index is 0.0654. The topological polar surface area (TPSA) is 66.5 Å². The van der Waals surface area contributed by atoms with Gasteiger partial charge in [0.05, 0.1) is 4.90 Å². The van der Waals surface area contributed by atoms with Crippen LogP contribution in [0.2, 0.25) is 0 Å². The van der Waals surface area contributed by atoms with E-state index >= 15 is 0 Å². The summed E-state index contributed by atoms with van der Waals surface area (Å²) in [5.41, 5.74) is 0.599. The zero-order valence-corrected chi connectivity index (χ0v) is 15.1. The zero-order chi connectivity index (χ0) is 17.3. The van der Waals surface area contributed by atoms with Crippen LogP contribution in [-0.4, -0.2) is 37.8 Å². The zero-order valence-electron chi connectivity index (χ0n) is 14.3. The van der Waals surface area contributed by atoms with Gasteiger partial charge in [-0.2, -0.15) is 4.31 Å². The molecule has 0 spiro atoms. The van der Waals surface area contributed by atoms with E-state index in [-0.39, 0.29) is 17.4 Å². The molecule has 128 valence electrons. The van der Waals surface area contributed by atoms with Crippen LogP contribution in [-0.2, 0) is 20.2 Å². The fraction of sp³-hybridized carbons (Fsp3) is 0.588. The molecule has 1 heterocycles. The fourth-order valence-corrected chi connectivity index (χ4v) is 4.85. The van der Waals surface area contributed by atoms with Gasteiger partial charge < -0.3 is 5.32 Å². The van der Waals surface area contributed by atoms with Gasteiger partial charge in [0.15, 0.2) is 0 Å². The molecule has 0 atom stereocenters. The first-order valence-corrected chi connectivity index (χ1v) is 9.43. The molecule has 6 heteroatoms. The third-order valence-corrected chi connectivity index (χ3v) is 6.13. The van der Waals surface area contributed by atoms with E-state index in [0.29, 0.717) is 30.8 Å². The van der Waals surface area contributed by atoms with Gasteiger partial charge in [-0.25, -0.2) is 8.42 Å². The summed E-state index contributed by atoms with van der Waals surface area (Å²) in [4.78, 5) is 11.5. The fourth-order valence-electron chi connectivity index (χ4n) is 2.98. The second-order valence-corrected chi connectivity index (χ2v) is 9.03. The lowest BCUT2D eigenvalue weighted by Gasteiger charge is -2.33. The molecular formula is C17H26N2O3S. The van der Waals surface area contributed by atoms with Crippen molar-refractivity contribution in [2.24, 2.45) is 0 Å². The van der Waals surface area contributed by atoms with Crippen molar-refractivity contribution in [2.45, 2.75) is 56.9 Å². The van der Waals surface area contributed by atoms with Gasteiger partial charge in [0.25, 0.3) is 0 Å². The van der Waals surface area contributed by atoms with Crippen molar-refractivity contribution in [3.8, 4) is 0 Å². The van der Waals surface area contributed by atoms with Crippen molar-refractivity contribution >= 4 is 15.9 Å². The van der Waals surface area contributed by atoms with E-state index in [0.717, 1.165) is 5.56 Å². The maximum atomic E-state index is 13.0. The van der Waals surface area contributed by atoms with Crippen LogP contribution >= 0.6 is 0 Å². The molecule has 0 unspecified atom stereocenters. The van der Waals surface area contributed by atoms with Crippen molar-refractivity contribution in [1.29, 1.82) is 0 Å². The average molecular weight is 338 g/mol. The molecule has 1 fully saturated rings. The highest BCUT2D eigenvalue weighted by molar-refractivity contribution is 7.89. The number of amides is 1. The van der Waals surface area contributed by atoms with E-state index < -0.39 is 10.0 Å². The molecule has 23 heavy (non-hydrogen) atoms. The molecule has 1 saturated heterocycles. The van der Waals surface area contributed by atoms with Crippen molar-refractivity contribution in [3.05, 3.63) is 29.8 Å². The molecule has 1 amide bonds. The van der Waals surface area contributed by atoms with Crippen LogP contribution < -0.4 is 5.32 Å². The van der Waals surface area contributed by atoms with Crippen molar-refractivity contribution in [3.63, 3.8) is 0 Å². The molecule has 0 aliphatic carbocycles. The predicted octanol–water partition coefficient (Wildman–Crippen LogP) is 2.27. The van der Waals surface area contributed by atoms with Gasteiger partial charge in [-0.05, 0) is 29.9 Å². The second-order valence-electron chi connectivity index (χ2n) is 7.13. The van der Waals surface area contributed by atoms with Gasteiger partial charge in [0, 0.05) is 26.1 Å². The highest BCUT2D eigenvalue weighted by atomic mass is 32.2. The third-order valence-electron chi connectivity index (χ3n) is 4.17. The molecule has 1 aromatic rings. The van der Waals surface area contributed by atoms with Crippen molar-refractivity contribution in [2.75, 3.05) is 13.1 Å². The summed E-state index contributed by atoms with van der Waals surface area (Å²) >= 11 is 0. The minimum Gasteiger partial charge on any atom is -0.354 e. The minimum atomic E-state index is -3.51. The summed E-state index contributed by atoms with van der Waals surface area (Å²) in [5.74, 6) is -0.0654. The highest BCUT2D eigenvalue weighted by Crippen LogP contribution is 2.31. The predicted molar refractivity (Wildman–Crippen MR) is 90.7 cm³/mol. The quantitative estimate of drug-likeness (QED) is 0.919. The van der Waals surface area contributed by atoms with Crippen molar-refractivity contribution in [1.82, 2.24) is 9.62 Å². The van der Waals surface area contributed by atoms with Crippen LogP contribution in [0.4, 0.5) is 0 Å². The van der Waals surface area contributed by atoms with Gasteiger partial charge in [-0.1, -0.05) is 39.0 Å². The number of sulfonamides is 1. The van der Waals surface area contributed by atoms with Crippen molar-refractivity contribution < 1.29 is 13.2 Å². The number of carbonyl (C=O) groups excluding carboxylic acids is 1. The normalized spacial score (nSPS) is 17.9. The molecule has 0 bridgehead atoms. The summed E-state index contributed by atoms with van der Waals surface area (Å²) in [7, 11) is -3.51. The number of benzene rings is 1. The van der Waals surface area contributed by atoms with Crippen LogP contribution in [0.5, 0.6) is 0 Å². The molecule has 1 N–H and O–H groups in total. The number of hydrogen-bond acceptors (Lipinski definition) is 3. The SMILES string of the molecule is CC(=O)NC1CCN(S(=O)(=O)c2ccccc2C(C)(C)C)CC1. The molecule has 5 nitrogen and oxygen atoms in total. The molecule has 1 aliphatic heterocycles. The summed E-state index contributed by atoms with van der Waals surface area (Å²) in [6.07, 6.45) is 1.30. The average Bonchev–Trinajstić information content (AvgIpc) is 2.46. The number of nitrogens with one attached hydrogen (secondary N) is 1. The summed E-state index contributed by atoms with van der Waals surface area (Å²) < 4.78 is 27.6. The van der Waals surface area contributed by atoms with E-state index in [1.807, 2.05) is 32.9 Å². The number of piperidine rings is 1. The van der Waals surface area contributed by atoms with Gasteiger partial charge in [-0.3, -0.25) is 4.79 Å². The Balaban J connectivity index is 2.23. The molecular weight excluding hydrogens is 312 g/mol. The lowest BCUT2D eigenvalue weighted by molar-refractivity contribution is -0.119. The summed E-state index contributed by atoms with van der Waals surface area (Å²) in [6.45, 7) is 8.42. The molecule has 2 rings (SSSR count). The maximum Gasteiger partial charge on any atom is 0.243 e. The Morgan fingerprint density at radius 2 is 1.74 bits per heavy atom. The van der Waals surface area contributed by atoms with Crippen LogP contribution in [0.3, 0.4) is 0 Å². The van der Waals surface area contributed by atoms with Crippen LogP contribution in [0.1, 0.15) is 46.1 Å². The van der Waals surface area contributed by atoms with Crippen LogP contribution in [0, 0.1) is 0 Å². The van der Waals surface area contributed by atoms with E-state index in [9.17, 15) is 13.2 Å². The Morgan fingerprint density at radius 3 is 2.26 bits per heavy atom. The largest absolute Gasteiger partial charge is 0.354 e. The van der Waals surface area contributed by atoms with E-state index in [2.05, 4.69) is 5.32 Å². The first-order valence-electron chi connectivity index (χ1n) is 7.99. The smallest absolute Gasteiger partial charge is 0.243 e.